The fourth-order valence-corrected chi connectivity index (χ4v) is 6.27. The topological polar surface area (TPSA) is 112 Å². The number of aromatic nitrogens is 1. The van der Waals surface area contributed by atoms with Gasteiger partial charge in [-0.3, -0.25) is 19.0 Å². The summed E-state index contributed by atoms with van der Waals surface area (Å²) in [4.78, 5) is 41.8. The number of nitrogens with zero attached hydrogens (tertiary/aromatic N) is 2. The lowest BCUT2D eigenvalue weighted by Gasteiger charge is -2.36. The van der Waals surface area contributed by atoms with Crippen LogP contribution < -0.4 is 10.2 Å². The first-order valence-corrected chi connectivity index (χ1v) is 15.0. The Labute approximate surface area is 255 Å². The van der Waals surface area contributed by atoms with Crippen molar-refractivity contribution in [2.45, 2.75) is 71.6 Å². The van der Waals surface area contributed by atoms with Crippen LogP contribution in [0.4, 0.5) is 11.4 Å². The zero-order valence-corrected chi connectivity index (χ0v) is 25.2. The molecule has 0 atom stereocenters. The highest BCUT2D eigenvalue weighted by atomic mass is 35.5. The van der Waals surface area contributed by atoms with E-state index in [-0.39, 0.29) is 43.4 Å². The van der Waals surface area contributed by atoms with E-state index in [2.05, 4.69) is 5.32 Å². The summed E-state index contributed by atoms with van der Waals surface area (Å²) in [7, 11) is 0. The van der Waals surface area contributed by atoms with Crippen LogP contribution in [0.5, 0.6) is 0 Å². The average Bonchev–Trinajstić information content (AvgIpc) is 3.27. The highest BCUT2D eigenvalue weighted by Gasteiger charge is 2.31. The summed E-state index contributed by atoms with van der Waals surface area (Å²) in [6, 6.07) is 17.2. The molecule has 0 unspecified atom stereocenters. The fraction of sp³-hybridized carbons (Fsp3) is 0.324. The molecule has 3 N–H and O–H groups in total. The van der Waals surface area contributed by atoms with Gasteiger partial charge in [-0.05, 0) is 79.4 Å². The number of anilines is 2. The second kappa shape index (κ2) is 13.1. The molecule has 1 aromatic heterocycles. The van der Waals surface area contributed by atoms with Crippen LogP contribution in [0.2, 0.25) is 5.02 Å². The number of rotatable bonds is 8. The molecule has 1 aliphatic rings. The van der Waals surface area contributed by atoms with E-state index < -0.39 is 0 Å². The van der Waals surface area contributed by atoms with Crippen molar-refractivity contribution in [2.24, 2.45) is 0 Å². The molecular formula is C34H36ClN3O5. The van der Waals surface area contributed by atoms with E-state index in [1.165, 1.54) is 6.92 Å². The minimum atomic E-state index is -0.264. The standard InChI is InChI=1S/C34H36ClN3O5/c1-21-29(30-16-23(19-39)8-15-31(30)37(21)34(43)24-9-12-26(35)13-10-24)18-33(42)38(28-6-4-3-5-7-28)32-17-27(36-22(2)41)14-11-25(32)20-40/h8-17,28,39-40H,3-7,18-20H2,1-2H3,(H,36,41). The molecule has 224 valence electrons. The third-order valence-electron chi connectivity index (χ3n) is 8.25. The van der Waals surface area contributed by atoms with Gasteiger partial charge in [-0.15, -0.1) is 0 Å². The van der Waals surface area contributed by atoms with Gasteiger partial charge >= 0.3 is 0 Å². The quantitative estimate of drug-likeness (QED) is 0.224. The van der Waals surface area contributed by atoms with E-state index in [1.807, 2.05) is 13.0 Å². The molecule has 1 saturated carbocycles. The number of aliphatic hydroxyl groups is 2. The summed E-state index contributed by atoms with van der Waals surface area (Å²) in [5.41, 5.74) is 4.81. The van der Waals surface area contributed by atoms with Crippen molar-refractivity contribution < 1.29 is 24.6 Å². The predicted octanol–water partition coefficient (Wildman–Crippen LogP) is 6.14. The maximum Gasteiger partial charge on any atom is 0.262 e. The number of carbonyl (C=O) groups is 3. The second-order valence-corrected chi connectivity index (χ2v) is 11.6. The first-order valence-electron chi connectivity index (χ1n) is 14.6. The van der Waals surface area contributed by atoms with Gasteiger partial charge in [-0.2, -0.15) is 0 Å². The van der Waals surface area contributed by atoms with Crippen LogP contribution in [0.1, 0.15) is 71.8 Å². The van der Waals surface area contributed by atoms with Gasteiger partial charge in [-0.1, -0.05) is 43.0 Å². The van der Waals surface area contributed by atoms with E-state index in [9.17, 15) is 24.6 Å². The Morgan fingerprint density at radius 3 is 2.33 bits per heavy atom. The van der Waals surface area contributed by atoms with Crippen LogP contribution in [0.15, 0.2) is 60.7 Å². The van der Waals surface area contributed by atoms with Gasteiger partial charge in [-0.25, -0.2) is 0 Å². The number of hydrogen-bond donors (Lipinski definition) is 3. The molecule has 5 rings (SSSR count). The normalized spacial score (nSPS) is 13.7. The van der Waals surface area contributed by atoms with Crippen LogP contribution in [-0.4, -0.2) is 38.5 Å². The third-order valence-corrected chi connectivity index (χ3v) is 8.50. The summed E-state index contributed by atoms with van der Waals surface area (Å²) >= 11 is 6.06. The van der Waals surface area contributed by atoms with Crippen molar-refractivity contribution in [3.63, 3.8) is 0 Å². The van der Waals surface area contributed by atoms with Gasteiger partial charge in [0.2, 0.25) is 11.8 Å². The van der Waals surface area contributed by atoms with Crippen molar-refractivity contribution >= 4 is 51.6 Å². The first kappa shape index (κ1) is 30.5. The van der Waals surface area contributed by atoms with Crippen molar-refractivity contribution in [3.05, 3.63) is 93.6 Å². The fourth-order valence-electron chi connectivity index (χ4n) is 6.15. The number of hydrogen-bond acceptors (Lipinski definition) is 5. The Morgan fingerprint density at radius 2 is 1.67 bits per heavy atom. The Kier molecular flexibility index (Phi) is 9.30. The number of benzene rings is 3. The van der Waals surface area contributed by atoms with Crippen molar-refractivity contribution in [1.29, 1.82) is 0 Å². The van der Waals surface area contributed by atoms with E-state index in [1.54, 1.807) is 64.1 Å². The van der Waals surface area contributed by atoms with Gasteiger partial charge < -0.3 is 20.4 Å². The minimum absolute atomic E-state index is 0.00382. The highest BCUT2D eigenvalue weighted by Crippen LogP contribution is 2.35. The van der Waals surface area contributed by atoms with E-state index in [0.29, 0.717) is 49.9 Å². The SMILES string of the molecule is CC(=O)Nc1ccc(CO)c(N(C(=O)Cc2c(C)n(C(=O)c3ccc(Cl)cc3)c3ccc(CO)cc23)C2CCCCC2)c1. The maximum atomic E-state index is 14.4. The van der Waals surface area contributed by atoms with Crippen LogP contribution in [0.3, 0.4) is 0 Å². The van der Waals surface area contributed by atoms with Crippen LogP contribution >= 0.6 is 11.6 Å². The second-order valence-electron chi connectivity index (χ2n) is 11.1. The molecule has 2 amide bonds. The molecule has 0 saturated heterocycles. The molecule has 4 aromatic rings. The molecule has 3 aromatic carbocycles. The summed E-state index contributed by atoms with van der Waals surface area (Å²) in [6.07, 6.45) is 4.73. The highest BCUT2D eigenvalue weighted by molar-refractivity contribution is 6.30. The van der Waals surface area contributed by atoms with E-state index in [0.717, 1.165) is 37.5 Å². The van der Waals surface area contributed by atoms with Crippen molar-refractivity contribution in [1.82, 2.24) is 4.57 Å². The van der Waals surface area contributed by atoms with Gasteiger partial charge in [0.15, 0.2) is 0 Å². The average molecular weight is 602 g/mol. The number of carbonyl (C=O) groups excluding carboxylic acids is 3. The molecule has 8 nitrogen and oxygen atoms in total. The molecule has 0 radical (unpaired) electrons. The lowest BCUT2D eigenvalue weighted by Crippen LogP contribution is -2.43. The molecule has 9 heteroatoms. The van der Waals surface area contributed by atoms with E-state index in [4.69, 9.17) is 11.6 Å². The molecule has 0 aliphatic heterocycles. The Morgan fingerprint density at radius 1 is 0.953 bits per heavy atom. The van der Waals surface area contributed by atoms with E-state index >= 15 is 0 Å². The van der Waals surface area contributed by atoms with Crippen LogP contribution in [0, 0.1) is 6.92 Å². The third kappa shape index (κ3) is 6.37. The lowest BCUT2D eigenvalue weighted by atomic mass is 9.92. The Hall–Kier alpha value is -3.98. The predicted molar refractivity (Wildman–Crippen MR) is 169 cm³/mol. The van der Waals surface area contributed by atoms with Gasteiger partial charge in [0.05, 0.1) is 30.8 Å². The van der Waals surface area contributed by atoms with Crippen molar-refractivity contribution in [3.8, 4) is 0 Å². The van der Waals surface area contributed by atoms with Crippen LogP contribution in [-0.2, 0) is 29.2 Å². The summed E-state index contributed by atoms with van der Waals surface area (Å²) < 4.78 is 1.61. The number of aliphatic hydroxyl groups excluding tert-OH is 2. The Bertz CT molecular complexity index is 1670. The lowest BCUT2D eigenvalue weighted by molar-refractivity contribution is -0.118. The monoisotopic (exact) mass is 601 g/mol. The number of amides is 2. The maximum absolute atomic E-state index is 14.4. The number of fused-ring (bicyclic) bond motifs is 1. The van der Waals surface area contributed by atoms with Crippen molar-refractivity contribution in [2.75, 3.05) is 10.2 Å². The van der Waals surface area contributed by atoms with Gasteiger partial charge in [0.1, 0.15) is 0 Å². The smallest absolute Gasteiger partial charge is 0.262 e. The molecule has 0 bridgehead atoms. The summed E-state index contributed by atoms with van der Waals surface area (Å²) in [6.45, 7) is 2.81. The number of halogens is 1. The first-order chi connectivity index (χ1) is 20.7. The van der Waals surface area contributed by atoms with Gasteiger partial charge in [0.25, 0.3) is 5.91 Å². The summed E-state index contributed by atoms with van der Waals surface area (Å²) in [5.74, 6) is -0.645. The van der Waals surface area contributed by atoms with Gasteiger partial charge in [0, 0.05) is 45.9 Å². The molecule has 1 aliphatic carbocycles. The molecule has 43 heavy (non-hydrogen) atoms. The molecule has 1 heterocycles. The molecule has 0 spiro atoms. The Balaban J connectivity index is 1.62. The van der Waals surface area contributed by atoms with Crippen LogP contribution in [0.25, 0.3) is 10.9 Å². The zero-order valence-electron chi connectivity index (χ0n) is 24.4. The largest absolute Gasteiger partial charge is 0.392 e. The minimum Gasteiger partial charge on any atom is -0.392 e. The molecular weight excluding hydrogens is 566 g/mol. The number of nitrogens with one attached hydrogen (secondary N) is 1. The zero-order chi connectivity index (χ0) is 30.7. The summed E-state index contributed by atoms with van der Waals surface area (Å²) in [5, 5.41) is 24.2. The molecule has 1 fully saturated rings.